The molecule has 268 valence electrons. The largest absolute Gasteiger partial charge is 0.455 e. The molecule has 0 spiro atoms. The Hall–Kier alpha value is -7.62. The number of rotatable bonds is 7. The van der Waals surface area contributed by atoms with Gasteiger partial charge < -0.3 is 13.9 Å². The van der Waals surface area contributed by atoms with Gasteiger partial charge in [0.2, 0.25) is 0 Å². The van der Waals surface area contributed by atoms with Crippen LogP contribution in [0.25, 0.3) is 82.8 Å². The van der Waals surface area contributed by atoms with Crippen molar-refractivity contribution in [2.24, 2.45) is 0 Å². The van der Waals surface area contributed by atoms with Crippen LogP contribution in [0.15, 0.2) is 223 Å². The quantitative estimate of drug-likeness (QED) is 0.163. The smallest absolute Gasteiger partial charge is 0.145 e. The molecule has 57 heavy (non-hydrogen) atoms. The molecule has 0 aliphatic carbocycles. The predicted molar refractivity (Wildman–Crippen MR) is 239 cm³/mol. The summed E-state index contributed by atoms with van der Waals surface area (Å²) in [6.45, 7) is 0. The lowest BCUT2D eigenvalue weighted by Crippen LogP contribution is -2.09. The number of anilines is 3. The first-order valence-corrected chi connectivity index (χ1v) is 19.4. The topological polar surface area (TPSA) is 21.3 Å². The van der Waals surface area contributed by atoms with E-state index < -0.39 is 0 Å². The van der Waals surface area contributed by atoms with Gasteiger partial charge in [0.25, 0.3) is 0 Å². The van der Waals surface area contributed by atoms with E-state index in [0.717, 1.165) is 61.1 Å². The minimum atomic E-state index is 0.867. The number of para-hydroxylation sites is 2. The second-order valence-electron chi connectivity index (χ2n) is 14.5. The van der Waals surface area contributed by atoms with E-state index in [9.17, 15) is 0 Å². The molecule has 0 aliphatic heterocycles. The standard InChI is InChI=1S/C54H36N2O/c1-4-12-37(13-5-1)39-20-22-40(23-21-39)42-26-30-45(31-27-42)55(44-28-24-41(25-29-44)38-14-6-2-7-15-38)46-32-35-52-49(36-46)47-33-34-51-53(54(47)57-52)48-18-10-11-19-50(48)56(51)43-16-8-3-9-17-43/h1-36H. The SMILES string of the molecule is c1ccc(-c2ccc(-c3ccc(N(c4ccc(-c5ccccc5)cc4)c4ccc5oc6c(ccc7c6c6ccccc6n7-c6ccccc6)c5c4)cc3)cc2)cc1. The summed E-state index contributed by atoms with van der Waals surface area (Å²) in [6, 6.07) is 77.9. The van der Waals surface area contributed by atoms with E-state index in [2.05, 4.69) is 228 Å². The van der Waals surface area contributed by atoms with E-state index in [-0.39, 0.29) is 0 Å². The van der Waals surface area contributed by atoms with Crippen molar-refractivity contribution in [1.29, 1.82) is 0 Å². The molecule has 9 aromatic carbocycles. The number of hydrogen-bond donors (Lipinski definition) is 0. The zero-order valence-corrected chi connectivity index (χ0v) is 31.1. The summed E-state index contributed by atoms with van der Waals surface area (Å²) in [5.41, 5.74) is 15.6. The average Bonchev–Trinajstić information content (AvgIpc) is 3.83. The van der Waals surface area contributed by atoms with Crippen molar-refractivity contribution in [3.05, 3.63) is 218 Å². The average molecular weight is 729 g/mol. The Morgan fingerprint density at radius 1 is 0.333 bits per heavy atom. The van der Waals surface area contributed by atoms with Gasteiger partial charge in [-0.05, 0) is 106 Å². The Labute approximate surface area is 330 Å². The minimum absolute atomic E-state index is 0.867. The molecule has 0 atom stereocenters. The van der Waals surface area contributed by atoms with Crippen LogP contribution < -0.4 is 4.90 Å². The highest BCUT2D eigenvalue weighted by Crippen LogP contribution is 2.43. The number of nitrogens with zero attached hydrogens (tertiary/aromatic N) is 2. The van der Waals surface area contributed by atoms with Gasteiger partial charge in [0.1, 0.15) is 11.2 Å². The maximum Gasteiger partial charge on any atom is 0.145 e. The van der Waals surface area contributed by atoms with Gasteiger partial charge in [-0.1, -0.05) is 146 Å². The first kappa shape index (κ1) is 32.8. The third-order valence-corrected chi connectivity index (χ3v) is 11.2. The predicted octanol–water partition coefficient (Wildman–Crippen LogP) is 15.2. The van der Waals surface area contributed by atoms with Crippen LogP contribution in [-0.2, 0) is 0 Å². The van der Waals surface area contributed by atoms with Crippen LogP contribution in [0, 0.1) is 0 Å². The molecule has 0 unspecified atom stereocenters. The molecule has 0 saturated heterocycles. The summed E-state index contributed by atoms with van der Waals surface area (Å²) in [6.07, 6.45) is 0. The van der Waals surface area contributed by atoms with Crippen molar-refractivity contribution in [3.63, 3.8) is 0 Å². The second kappa shape index (κ2) is 13.6. The molecule has 0 fully saturated rings. The fourth-order valence-corrected chi connectivity index (χ4v) is 8.44. The van der Waals surface area contributed by atoms with Crippen LogP contribution in [0.1, 0.15) is 0 Å². The number of aromatic nitrogens is 1. The van der Waals surface area contributed by atoms with Crippen LogP contribution in [0.4, 0.5) is 17.1 Å². The summed E-state index contributed by atoms with van der Waals surface area (Å²) in [7, 11) is 0. The first-order chi connectivity index (χ1) is 28.3. The maximum absolute atomic E-state index is 6.80. The van der Waals surface area contributed by atoms with E-state index in [1.807, 2.05) is 0 Å². The Morgan fingerprint density at radius 2 is 0.807 bits per heavy atom. The molecule has 11 aromatic rings. The molecule has 0 aliphatic rings. The number of furan rings is 1. The highest BCUT2D eigenvalue weighted by molar-refractivity contribution is 6.24. The summed E-state index contributed by atoms with van der Waals surface area (Å²) < 4.78 is 9.14. The molecule has 0 bridgehead atoms. The Bertz CT molecular complexity index is 3180. The van der Waals surface area contributed by atoms with E-state index in [0.29, 0.717) is 0 Å². The van der Waals surface area contributed by atoms with Crippen molar-refractivity contribution in [2.75, 3.05) is 4.90 Å². The van der Waals surface area contributed by atoms with Crippen molar-refractivity contribution < 1.29 is 4.42 Å². The maximum atomic E-state index is 6.80. The van der Waals surface area contributed by atoms with E-state index >= 15 is 0 Å². The molecule has 3 heteroatoms. The third-order valence-electron chi connectivity index (χ3n) is 11.2. The highest BCUT2D eigenvalue weighted by Gasteiger charge is 2.20. The second-order valence-corrected chi connectivity index (χ2v) is 14.5. The molecule has 11 rings (SSSR count). The van der Waals surface area contributed by atoms with E-state index in [4.69, 9.17) is 4.42 Å². The number of hydrogen-bond acceptors (Lipinski definition) is 2. The normalized spacial score (nSPS) is 11.5. The van der Waals surface area contributed by atoms with Gasteiger partial charge in [-0.25, -0.2) is 0 Å². The molecule has 0 amide bonds. The zero-order chi connectivity index (χ0) is 37.7. The minimum Gasteiger partial charge on any atom is -0.455 e. The Kier molecular flexibility index (Phi) is 7.82. The molecule has 2 aromatic heterocycles. The van der Waals surface area contributed by atoms with Crippen molar-refractivity contribution in [1.82, 2.24) is 4.57 Å². The van der Waals surface area contributed by atoms with E-state index in [1.54, 1.807) is 0 Å². The van der Waals surface area contributed by atoms with Gasteiger partial charge >= 0.3 is 0 Å². The Balaban J connectivity index is 1.03. The first-order valence-electron chi connectivity index (χ1n) is 19.4. The van der Waals surface area contributed by atoms with Gasteiger partial charge in [-0.15, -0.1) is 0 Å². The summed E-state index contributed by atoms with van der Waals surface area (Å²) in [5, 5.41) is 4.49. The molecule has 0 radical (unpaired) electrons. The molecule has 3 nitrogen and oxygen atoms in total. The molecular weight excluding hydrogens is 693 g/mol. The van der Waals surface area contributed by atoms with Gasteiger partial charge in [-0.2, -0.15) is 0 Å². The lowest BCUT2D eigenvalue weighted by Gasteiger charge is -2.26. The van der Waals surface area contributed by atoms with Gasteiger partial charge in [0.05, 0.1) is 16.4 Å². The monoisotopic (exact) mass is 728 g/mol. The summed E-state index contributed by atoms with van der Waals surface area (Å²) in [4.78, 5) is 2.34. The van der Waals surface area contributed by atoms with Crippen molar-refractivity contribution in [3.8, 4) is 39.1 Å². The fraction of sp³-hybridized carbons (Fsp3) is 0. The molecule has 0 N–H and O–H groups in total. The fourth-order valence-electron chi connectivity index (χ4n) is 8.44. The van der Waals surface area contributed by atoms with Crippen molar-refractivity contribution in [2.45, 2.75) is 0 Å². The Morgan fingerprint density at radius 3 is 1.39 bits per heavy atom. The molecular formula is C54H36N2O. The van der Waals surface area contributed by atoms with Crippen LogP contribution in [0.2, 0.25) is 0 Å². The summed E-state index contributed by atoms with van der Waals surface area (Å²) in [5.74, 6) is 0. The van der Waals surface area contributed by atoms with Crippen LogP contribution >= 0.6 is 0 Å². The summed E-state index contributed by atoms with van der Waals surface area (Å²) >= 11 is 0. The molecule has 2 heterocycles. The number of fused-ring (bicyclic) bond motifs is 7. The lowest BCUT2D eigenvalue weighted by molar-refractivity contribution is 0.673. The van der Waals surface area contributed by atoms with Crippen LogP contribution in [0.5, 0.6) is 0 Å². The zero-order valence-electron chi connectivity index (χ0n) is 31.1. The number of benzene rings is 9. The van der Waals surface area contributed by atoms with Crippen LogP contribution in [-0.4, -0.2) is 4.57 Å². The molecule has 0 saturated carbocycles. The third kappa shape index (κ3) is 5.68. The van der Waals surface area contributed by atoms with Crippen LogP contribution in [0.3, 0.4) is 0 Å². The van der Waals surface area contributed by atoms with Gasteiger partial charge in [-0.3, -0.25) is 0 Å². The van der Waals surface area contributed by atoms with E-state index in [1.165, 1.54) is 38.8 Å². The lowest BCUT2D eigenvalue weighted by atomic mass is 10.00. The highest BCUT2D eigenvalue weighted by atomic mass is 16.3. The van der Waals surface area contributed by atoms with Crippen molar-refractivity contribution >= 4 is 60.8 Å². The van der Waals surface area contributed by atoms with Gasteiger partial charge in [0.15, 0.2) is 0 Å². The van der Waals surface area contributed by atoms with Gasteiger partial charge in [0, 0.05) is 38.9 Å².